The Labute approximate surface area is 106 Å². The Morgan fingerprint density at radius 3 is 3.00 bits per heavy atom. The Balaban J connectivity index is 2.39. The summed E-state index contributed by atoms with van der Waals surface area (Å²) in [5, 5.41) is 5.13. The highest BCUT2D eigenvalue weighted by molar-refractivity contribution is 9.10. The van der Waals surface area contributed by atoms with E-state index in [-0.39, 0.29) is 5.82 Å². The first kappa shape index (κ1) is 11.8. The minimum absolute atomic E-state index is 0.194. The zero-order chi connectivity index (χ0) is 11.5. The molecule has 2 aromatic rings. The largest absolute Gasteiger partial charge is 0.316 e. The molecule has 0 aliphatic carbocycles. The van der Waals surface area contributed by atoms with Crippen molar-refractivity contribution < 1.29 is 4.39 Å². The Morgan fingerprint density at radius 2 is 2.25 bits per heavy atom. The van der Waals surface area contributed by atoms with E-state index in [0.29, 0.717) is 10.0 Å². The lowest BCUT2D eigenvalue weighted by molar-refractivity contribution is 0.625. The van der Waals surface area contributed by atoms with E-state index in [1.165, 1.54) is 5.56 Å². The number of nitrogens with one attached hydrogen (secondary N) is 1. The lowest BCUT2D eigenvalue weighted by Gasteiger charge is -2.01. The van der Waals surface area contributed by atoms with Gasteiger partial charge in [0.25, 0.3) is 0 Å². The maximum absolute atomic E-state index is 13.8. The summed E-state index contributed by atoms with van der Waals surface area (Å²) in [6, 6.07) is 7.38. The van der Waals surface area contributed by atoms with Crippen LogP contribution in [-0.2, 0) is 6.54 Å². The van der Waals surface area contributed by atoms with Gasteiger partial charge in [0.1, 0.15) is 5.82 Å². The summed E-state index contributed by atoms with van der Waals surface area (Å²) in [5.41, 5.74) is 1.84. The fraction of sp³-hybridized carbons (Fsp3) is 0.167. The molecule has 0 radical (unpaired) electrons. The van der Waals surface area contributed by atoms with Crippen molar-refractivity contribution in [1.29, 1.82) is 0 Å². The molecule has 0 spiro atoms. The maximum atomic E-state index is 13.8. The van der Waals surface area contributed by atoms with E-state index in [0.717, 1.165) is 11.4 Å². The third-order valence-corrected chi connectivity index (χ3v) is 3.88. The molecule has 4 heteroatoms. The molecule has 16 heavy (non-hydrogen) atoms. The molecule has 1 nitrogen and oxygen atoms in total. The van der Waals surface area contributed by atoms with Crippen molar-refractivity contribution in [3.05, 3.63) is 45.5 Å². The molecule has 84 valence electrons. The van der Waals surface area contributed by atoms with Gasteiger partial charge >= 0.3 is 0 Å². The van der Waals surface area contributed by atoms with Gasteiger partial charge in [0.15, 0.2) is 0 Å². The van der Waals surface area contributed by atoms with Crippen molar-refractivity contribution in [2.45, 2.75) is 6.54 Å². The average molecular weight is 300 g/mol. The summed E-state index contributed by atoms with van der Waals surface area (Å²) in [6.07, 6.45) is 0. The molecule has 1 N–H and O–H groups in total. The van der Waals surface area contributed by atoms with Crippen molar-refractivity contribution in [2.24, 2.45) is 0 Å². The van der Waals surface area contributed by atoms with Gasteiger partial charge in [0.05, 0.1) is 4.47 Å². The van der Waals surface area contributed by atoms with Gasteiger partial charge in [-0.25, -0.2) is 4.39 Å². The molecule has 0 saturated heterocycles. The van der Waals surface area contributed by atoms with Crippen LogP contribution in [0.5, 0.6) is 0 Å². The average Bonchev–Trinajstić information content (AvgIpc) is 2.71. The first-order valence-corrected chi connectivity index (χ1v) is 6.56. The van der Waals surface area contributed by atoms with Crippen molar-refractivity contribution in [2.75, 3.05) is 7.05 Å². The summed E-state index contributed by atoms with van der Waals surface area (Å²) in [4.78, 5) is 0.962. The van der Waals surface area contributed by atoms with Crippen molar-refractivity contribution in [3.63, 3.8) is 0 Å². The van der Waals surface area contributed by atoms with Gasteiger partial charge in [0, 0.05) is 17.0 Å². The van der Waals surface area contributed by atoms with E-state index >= 15 is 0 Å². The third-order valence-electron chi connectivity index (χ3n) is 2.25. The molecule has 0 bridgehead atoms. The van der Waals surface area contributed by atoms with Gasteiger partial charge in [0.2, 0.25) is 0 Å². The van der Waals surface area contributed by atoms with Gasteiger partial charge < -0.3 is 5.32 Å². The zero-order valence-corrected chi connectivity index (χ0v) is 11.2. The molecule has 0 atom stereocenters. The summed E-state index contributed by atoms with van der Waals surface area (Å²) >= 11 is 4.76. The summed E-state index contributed by atoms with van der Waals surface area (Å²) in [7, 11) is 1.90. The molecule has 1 aromatic carbocycles. The highest BCUT2D eigenvalue weighted by Crippen LogP contribution is 2.32. The molecule has 0 aliphatic rings. The molecular formula is C12H11BrFNS. The highest BCUT2D eigenvalue weighted by Gasteiger charge is 2.09. The smallest absolute Gasteiger partial charge is 0.146 e. The molecule has 2 rings (SSSR count). The van der Waals surface area contributed by atoms with E-state index < -0.39 is 0 Å². The predicted molar refractivity (Wildman–Crippen MR) is 70.2 cm³/mol. The number of benzene rings is 1. The molecule has 0 amide bonds. The van der Waals surface area contributed by atoms with Crippen molar-refractivity contribution in [3.8, 4) is 10.4 Å². The molecule has 1 aromatic heterocycles. The Kier molecular flexibility index (Phi) is 3.74. The van der Waals surface area contributed by atoms with Crippen LogP contribution >= 0.6 is 27.3 Å². The van der Waals surface area contributed by atoms with Crippen LogP contribution in [0.3, 0.4) is 0 Å². The number of rotatable bonds is 3. The van der Waals surface area contributed by atoms with E-state index in [9.17, 15) is 4.39 Å². The second-order valence-electron chi connectivity index (χ2n) is 3.45. The van der Waals surface area contributed by atoms with Crippen LogP contribution < -0.4 is 5.32 Å². The fourth-order valence-corrected chi connectivity index (χ4v) is 2.81. The standard InChI is InChI=1S/C12H11BrFNS/c1-15-6-8-5-11(16-7-8)9-3-2-4-10(13)12(9)14/h2-5,7,15H,6H2,1H3. The fourth-order valence-electron chi connectivity index (χ4n) is 1.51. The first-order chi connectivity index (χ1) is 7.72. The van der Waals surface area contributed by atoms with Crippen LogP contribution in [0, 0.1) is 5.82 Å². The predicted octanol–water partition coefficient (Wildman–Crippen LogP) is 4.04. The summed E-state index contributed by atoms with van der Waals surface area (Å²) in [6.45, 7) is 0.812. The molecule has 0 fully saturated rings. The Bertz CT molecular complexity index is 496. The lowest BCUT2D eigenvalue weighted by Crippen LogP contribution is -2.03. The van der Waals surface area contributed by atoms with E-state index in [1.54, 1.807) is 23.5 Å². The lowest BCUT2D eigenvalue weighted by atomic mass is 10.1. The quantitative estimate of drug-likeness (QED) is 0.902. The van der Waals surface area contributed by atoms with Crippen molar-refractivity contribution in [1.82, 2.24) is 5.32 Å². The maximum Gasteiger partial charge on any atom is 0.146 e. The van der Waals surface area contributed by atoms with Crippen molar-refractivity contribution >= 4 is 27.3 Å². The Hall–Kier alpha value is -0.710. The van der Waals surface area contributed by atoms with Crippen LogP contribution in [0.2, 0.25) is 0 Å². The molecule has 0 unspecified atom stereocenters. The highest BCUT2D eigenvalue weighted by atomic mass is 79.9. The molecule has 0 aliphatic heterocycles. The number of hydrogen-bond donors (Lipinski definition) is 1. The molecule has 1 heterocycles. The monoisotopic (exact) mass is 299 g/mol. The van der Waals surface area contributed by atoms with Gasteiger partial charge in [-0.3, -0.25) is 0 Å². The number of hydrogen-bond acceptors (Lipinski definition) is 2. The Morgan fingerprint density at radius 1 is 1.44 bits per heavy atom. The summed E-state index contributed by atoms with van der Waals surface area (Å²) in [5.74, 6) is -0.194. The minimum Gasteiger partial charge on any atom is -0.316 e. The van der Waals surface area contributed by atoms with Crippen LogP contribution in [-0.4, -0.2) is 7.05 Å². The number of thiophene rings is 1. The van der Waals surface area contributed by atoms with Crippen LogP contribution in [0.4, 0.5) is 4.39 Å². The van der Waals surface area contributed by atoms with Crippen LogP contribution in [0.25, 0.3) is 10.4 Å². The second-order valence-corrected chi connectivity index (χ2v) is 5.22. The first-order valence-electron chi connectivity index (χ1n) is 4.88. The zero-order valence-electron chi connectivity index (χ0n) is 8.76. The van der Waals surface area contributed by atoms with Gasteiger partial charge in [-0.1, -0.05) is 12.1 Å². The van der Waals surface area contributed by atoms with Gasteiger partial charge in [-0.05, 0) is 46.1 Å². The molecule has 0 saturated carbocycles. The normalized spacial score (nSPS) is 10.7. The van der Waals surface area contributed by atoms with Crippen LogP contribution in [0.1, 0.15) is 5.56 Å². The van der Waals surface area contributed by atoms with Gasteiger partial charge in [-0.15, -0.1) is 11.3 Å². The topological polar surface area (TPSA) is 12.0 Å². The van der Waals surface area contributed by atoms with E-state index in [2.05, 4.69) is 21.2 Å². The van der Waals surface area contributed by atoms with E-state index in [4.69, 9.17) is 0 Å². The second kappa shape index (κ2) is 5.08. The van der Waals surface area contributed by atoms with Crippen LogP contribution in [0.15, 0.2) is 34.1 Å². The minimum atomic E-state index is -0.194. The third kappa shape index (κ3) is 2.34. The van der Waals surface area contributed by atoms with E-state index in [1.807, 2.05) is 24.6 Å². The molecular weight excluding hydrogens is 289 g/mol. The SMILES string of the molecule is CNCc1csc(-c2cccc(Br)c2F)c1. The summed E-state index contributed by atoms with van der Waals surface area (Å²) < 4.78 is 14.3. The number of halogens is 2. The van der Waals surface area contributed by atoms with Gasteiger partial charge in [-0.2, -0.15) is 0 Å².